The van der Waals surface area contributed by atoms with Crippen LogP contribution in [0.4, 0.5) is 24.8 Å². The van der Waals surface area contributed by atoms with Crippen LogP contribution in [0, 0.1) is 10.1 Å². The molecule has 0 aliphatic rings. The van der Waals surface area contributed by atoms with Crippen molar-refractivity contribution in [2.75, 3.05) is 5.73 Å². The van der Waals surface area contributed by atoms with Crippen molar-refractivity contribution in [1.29, 1.82) is 0 Å². The summed E-state index contributed by atoms with van der Waals surface area (Å²) in [5, 5.41) is 10.5. The lowest BCUT2D eigenvalue weighted by Crippen LogP contribution is -2.19. The van der Waals surface area contributed by atoms with E-state index in [4.69, 9.17) is 11.5 Å². The van der Waals surface area contributed by atoms with Gasteiger partial charge in [-0.25, -0.2) is 0 Å². The van der Waals surface area contributed by atoms with Gasteiger partial charge < -0.3 is 26.3 Å². The van der Waals surface area contributed by atoms with Crippen LogP contribution in [0.25, 0.3) is 0 Å². The molecule has 1 aromatic rings. The van der Waals surface area contributed by atoms with E-state index in [1.807, 2.05) is 0 Å². The molecule has 0 spiro atoms. The maximum atomic E-state index is 12.0. The number of rotatable bonds is 3. The normalized spacial score (nSPS) is 11.3. The molecule has 0 aliphatic carbocycles. The molecule has 0 atom stereocenters. The number of alkyl halides is 3. The zero-order chi connectivity index (χ0) is 13.2. The minimum atomic E-state index is -5.06. The Kier molecular flexibility index (Phi) is 3.36. The van der Waals surface area contributed by atoms with E-state index in [1.165, 1.54) is 0 Å². The largest absolute Gasteiger partial charge is 0.573 e. The predicted molar refractivity (Wildman–Crippen MR) is 49.9 cm³/mol. The van der Waals surface area contributed by atoms with E-state index in [0.717, 1.165) is 6.07 Å². The Morgan fingerprint density at radius 2 is 2.12 bits per heavy atom. The number of aromatic nitrogens is 1. The van der Waals surface area contributed by atoms with Crippen molar-refractivity contribution in [2.24, 2.45) is 5.73 Å². The van der Waals surface area contributed by atoms with E-state index in [9.17, 15) is 23.3 Å². The molecule has 94 valence electrons. The van der Waals surface area contributed by atoms with Crippen molar-refractivity contribution >= 4 is 11.6 Å². The third-order valence-electron chi connectivity index (χ3n) is 1.70. The Bertz CT molecular complexity index is 449. The Morgan fingerprint density at radius 3 is 2.53 bits per heavy atom. The summed E-state index contributed by atoms with van der Waals surface area (Å²) < 4.78 is 39.4. The Hall–Kier alpha value is -2.10. The Balaban J connectivity index is 3.29. The van der Waals surface area contributed by atoms with Crippen molar-refractivity contribution < 1.29 is 22.8 Å². The van der Waals surface area contributed by atoms with Gasteiger partial charge in [0.05, 0.1) is 0 Å². The van der Waals surface area contributed by atoms with Gasteiger partial charge in [-0.3, -0.25) is 0 Å². The zero-order valence-corrected chi connectivity index (χ0v) is 8.19. The molecule has 4 N–H and O–H groups in total. The third-order valence-corrected chi connectivity index (χ3v) is 1.70. The fourth-order valence-corrected chi connectivity index (χ4v) is 1.03. The molecule has 0 aromatic carbocycles. The van der Waals surface area contributed by atoms with Crippen molar-refractivity contribution in [3.8, 4) is 5.75 Å². The molecule has 1 rings (SSSR count). The van der Waals surface area contributed by atoms with Crippen molar-refractivity contribution in [3.05, 3.63) is 21.7 Å². The van der Waals surface area contributed by atoms with Crippen LogP contribution in [0.5, 0.6) is 5.75 Å². The van der Waals surface area contributed by atoms with E-state index < -0.39 is 22.9 Å². The van der Waals surface area contributed by atoms with E-state index in [2.05, 4.69) is 9.72 Å². The van der Waals surface area contributed by atoms with E-state index in [1.54, 1.807) is 0 Å². The number of anilines is 1. The molecule has 10 heteroatoms. The quantitative estimate of drug-likeness (QED) is 0.610. The summed E-state index contributed by atoms with van der Waals surface area (Å²) >= 11 is 0. The second-order valence-electron chi connectivity index (χ2n) is 2.86. The molecule has 1 aromatic heterocycles. The zero-order valence-electron chi connectivity index (χ0n) is 8.19. The number of nitrogens with zero attached hydrogens (tertiary/aromatic N) is 2. The standard InChI is InChI=1S/C7H7F3N4O3/c8-7(9,10)17-4-1-3(2-11)5(12)13-6(4)14(15)16/h1H,2,11H2,(H2,12,13). The fourth-order valence-electron chi connectivity index (χ4n) is 1.03. The summed E-state index contributed by atoms with van der Waals surface area (Å²) in [6.07, 6.45) is -5.06. The number of nitro groups is 1. The minimum absolute atomic E-state index is 0.0230. The van der Waals surface area contributed by atoms with Crippen LogP contribution >= 0.6 is 0 Å². The van der Waals surface area contributed by atoms with Crippen LogP contribution in [-0.4, -0.2) is 16.3 Å². The van der Waals surface area contributed by atoms with Crippen molar-refractivity contribution in [2.45, 2.75) is 12.9 Å². The Labute approximate surface area is 92.3 Å². The molecule has 7 nitrogen and oxygen atoms in total. The molecule has 0 amide bonds. The second-order valence-corrected chi connectivity index (χ2v) is 2.86. The third kappa shape index (κ3) is 3.17. The first kappa shape index (κ1) is 13.0. The van der Waals surface area contributed by atoms with Crippen LogP contribution < -0.4 is 16.2 Å². The molecular weight excluding hydrogens is 245 g/mol. The highest BCUT2D eigenvalue weighted by Crippen LogP contribution is 2.32. The van der Waals surface area contributed by atoms with Gasteiger partial charge in [0.1, 0.15) is 0 Å². The number of pyridine rings is 1. The highest BCUT2D eigenvalue weighted by atomic mass is 19.4. The summed E-state index contributed by atoms with van der Waals surface area (Å²) in [5.41, 5.74) is 10.5. The number of ether oxygens (including phenoxy) is 1. The maximum absolute atomic E-state index is 12.0. The summed E-state index contributed by atoms with van der Waals surface area (Å²) in [7, 11) is 0. The lowest BCUT2D eigenvalue weighted by molar-refractivity contribution is -0.393. The van der Waals surface area contributed by atoms with Crippen LogP contribution in [0.1, 0.15) is 5.56 Å². The molecule has 0 saturated heterocycles. The molecule has 0 unspecified atom stereocenters. The summed E-state index contributed by atoms with van der Waals surface area (Å²) in [6.45, 7) is -0.217. The van der Waals surface area contributed by atoms with Gasteiger partial charge in [-0.15, -0.1) is 13.2 Å². The van der Waals surface area contributed by atoms with Crippen LogP contribution in [0.2, 0.25) is 0 Å². The average Bonchev–Trinajstić information content (AvgIpc) is 2.17. The van der Waals surface area contributed by atoms with Gasteiger partial charge in [-0.05, 0) is 16.0 Å². The highest BCUT2D eigenvalue weighted by Gasteiger charge is 2.35. The molecule has 17 heavy (non-hydrogen) atoms. The summed E-state index contributed by atoms with van der Waals surface area (Å²) in [5.74, 6) is -2.47. The van der Waals surface area contributed by atoms with Gasteiger partial charge in [0.25, 0.3) is 0 Å². The van der Waals surface area contributed by atoms with Crippen LogP contribution in [-0.2, 0) is 6.54 Å². The number of hydrogen-bond acceptors (Lipinski definition) is 6. The number of halogens is 3. The SMILES string of the molecule is NCc1cc(OC(F)(F)F)c([N+](=O)[O-])nc1N. The number of hydrogen-bond donors (Lipinski definition) is 2. The van der Waals surface area contributed by atoms with Crippen molar-refractivity contribution in [3.63, 3.8) is 0 Å². The van der Waals surface area contributed by atoms with Gasteiger partial charge in [0.15, 0.2) is 0 Å². The predicted octanol–water partition coefficient (Wildman–Crippen LogP) is 0.929. The first-order chi connectivity index (χ1) is 7.74. The van der Waals surface area contributed by atoms with E-state index in [0.29, 0.717) is 0 Å². The van der Waals surface area contributed by atoms with Gasteiger partial charge in [-0.1, -0.05) is 0 Å². The molecule has 0 fully saturated rings. The molecule has 0 aliphatic heterocycles. The molecule has 0 radical (unpaired) electrons. The second kappa shape index (κ2) is 4.41. The smallest absolute Gasteiger partial charge is 0.397 e. The highest BCUT2D eigenvalue weighted by molar-refractivity contribution is 5.52. The number of nitrogen functional groups attached to an aromatic ring is 1. The lowest BCUT2D eigenvalue weighted by atomic mass is 10.2. The maximum Gasteiger partial charge on any atom is 0.573 e. The van der Waals surface area contributed by atoms with Crippen LogP contribution in [0.3, 0.4) is 0 Å². The summed E-state index contributed by atoms with van der Waals surface area (Å²) in [4.78, 5) is 12.5. The van der Waals surface area contributed by atoms with Crippen molar-refractivity contribution in [1.82, 2.24) is 4.98 Å². The molecule has 0 bridgehead atoms. The van der Waals surface area contributed by atoms with Gasteiger partial charge in [0, 0.05) is 12.1 Å². The first-order valence-corrected chi connectivity index (χ1v) is 4.14. The van der Waals surface area contributed by atoms with Gasteiger partial charge >= 0.3 is 12.2 Å². The number of nitrogens with two attached hydrogens (primary N) is 2. The Morgan fingerprint density at radius 1 is 1.53 bits per heavy atom. The molecular formula is C7H7F3N4O3. The van der Waals surface area contributed by atoms with E-state index >= 15 is 0 Å². The van der Waals surface area contributed by atoms with E-state index in [-0.39, 0.29) is 17.9 Å². The van der Waals surface area contributed by atoms with Gasteiger partial charge in [-0.2, -0.15) is 0 Å². The topological polar surface area (TPSA) is 117 Å². The van der Waals surface area contributed by atoms with Gasteiger partial charge in [0.2, 0.25) is 11.6 Å². The summed E-state index contributed by atoms with van der Waals surface area (Å²) in [6, 6.07) is 0.744. The van der Waals surface area contributed by atoms with Crippen LogP contribution in [0.15, 0.2) is 6.07 Å². The minimum Gasteiger partial charge on any atom is -0.397 e. The molecule has 1 heterocycles. The molecule has 0 saturated carbocycles. The first-order valence-electron chi connectivity index (χ1n) is 4.14. The lowest BCUT2D eigenvalue weighted by Gasteiger charge is -2.09. The fraction of sp³-hybridized carbons (Fsp3) is 0.286. The average molecular weight is 252 g/mol. The monoisotopic (exact) mass is 252 g/mol.